The number of carbonyl (C=O) groups excluding carboxylic acids is 3. The number of esters is 1. The highest BCUT2D eigenvalue weighted by molar-refractivity contribution is 7.99. The average Bonchev–Trinajstić information content (AvgIpc) is 2.68. The second kappa shape index (κ2) is 10.3. The van der Waals surface area contributed by atoms with E-state index in [0.29, 0.717) is 22.6 Å². The monoisotopic (exact) mass is 414 g/mol. The molecule has 2 aromatic carbocycles. The Kier molecular flexibility index (Phi) is 8.02. The van der Waals surface area contributed by atoms with Crippen molar-refractivity contribution >= 4 is 29.3 Å². The van der Waals surface area contributed by atoms with Gasteiger partial charge < -0.3 is 9.47 Å². The number of aryl methyl sites for hydroxylation is 3. The molecule has 0 spiro atoms. The standard InChI is InChI=1S/C23H26O5S/c1-14-8-16(3)20(9-15(14)2)21(25)11-28-23(26)13-29-12-19-10-18(17(4)24)6-7-22(19)27-5/h6-10H,11-13H2,1-5H3. The number of methoxy groups -OCH3 is 1. The van der Waals surface area contributed by atoms with Crippen LogP contribution in [0, 0.1) is 20.8 Å². The zero-order chi connectivity index (χ0) is 21.6. The summed E-state index contributed by atoms with van der Waals surface area (Å²) in [4.78, 5) is 36.0. The highest BCUT2D eigenvalue weighted by Crippen LogP contribution is 2.25. The second-order valence-electron chi connectivity index (χ2n) is 6.91. The molecule has 5 nitrogen and oxygen atoms in total. The fourth-order valence-electron chi connectivity index (χ4n) is 2.88. The Morgan fingerprint density at radius 1 is 0.966 bits per heavy atom. The van der Waals surface area contributed by atoms with Crippen LogP contribution in [0.2, 0.25) is 0 Å². The van der Waals surface area contributed by atoms with Crippen LogP contribution in [-0.4, -0.2) is 37.0 Å². The number of hydrogen-bond acceptors (Lipinski definition) is 6. The van der Waals surface area contributed by atoms with Gasteiger partial charge >= 0.3 is 5.97 Å². The van der Waals surface area contributed by atoms with E-state index < -0.39 is 5.97 Å². The molecule has 154 valence electrons. The minimum absolute atomic E-state index is 0.0292. The third kappa shape index (κ3) is 6.19. The molecule has 0 aromatic heterocycles. The van der Waals surface area contributed by atoms with Crippen molar-refractivity contribution in [2.45, 2.75) is 33.4 Å². The second-order valence-corrected chi connectivity index (χ2v) is 7.90. The first-order valence-electron chi connectivity index (χ1n) is 9.25. The zero-order valence-corrected chi connectivity index (χ0v) is 18.3. The van der Waals surface area contributed by atoms with Gasteiger partial charge in [-0.1, -0.05) is 6.07 Å². The summed E-state index contributed by atoms with van der Waals surface area (Å²) in [7, 11) is 1.56. The molecule has 2 aromatic rings. The Morgan fingerprint density at radius 2 is 1.66 bits per heavy atom. The van der Waals surface area contributed by atoms with Gasteiger partial charge in [0.1, 0.15) is 5.75 Å². The van der Waals surface area contributed by atoms with E-state index in [1.165, 1.54) is 18.7 Å². The van der Waals surface area contributed by atoms with Crippen LogP contribution in [0.25, 0.3) is 0 Å². The maximum Gasteiger partial charge on any atom is 0.316 e. The molecule has 0 amide bonds. The molecule has 29 heavy (non-hydrogen) atoms. The Labute approximate surface area is 175 Å². The number of hydrogen-bond donors (Lipinski definition) is 0. The molecule has 0 saturated heterocycles. The lowest BCUT2D eigenvalue weighted by molar-refractivity contribution is -0.139. The summed E-state index contributed by atoms with van der Waals surface area (Å²) in [6.07, 6.45) is 0. The number of carbonyl (C=O) groups is 3. The number of benzene rings is 2. The molecular formula is C23H26O5S. The first-order valence-corrected chi connectivity index (χ1v) is 10.4. The van der Waals surface area contributed by atoms with Crippen LogP contribution >= 0.6 is 11.8 Å². The van der Waals surface area contributed by atoms with Gasteiger partial charge in [0.15, 0.2) is 12.4 Å². The van der Waals surface area contributed by atoms with Crippen molar-refractivity contribution in [1.29, 1.82) is 0 Å². The third-order valence-corrected chi connectivity index (χ3v) is 5.62. The topological polar surface area (TPSA) is 69.7 Å². The van der Waals surface area contributed by atoms with Crippen LogP contribution in [0.5, 0.6) is 5.75 Å². The SMILES string of the molecule is COc1ccc(C(C)=O)cc1CSCC(=O)OCC(=O)c1cc(C)c(C)cc1C. The van der Waals surface area contributed by atoms with Crippen molar-refractivity contribution in [2.24, 2.45) is 0 Å². The smallest absolute Gasteiger partial charge is 0.316 e. The Balaban J connectivity index is 1.88. The molecule has 0 aliphatic rings. The largest absolute Gasteiger partial charge is 0.496 e. The van der Waals surface area contributed by atoms with E-state index >= 15 is 0 Å². The summed E-state index contributed by atoms with van der Waals surface area (Å²) in [5.41, 5.74) is 5.04. The fraction of sp³-hybridized carbons (Fsp3) is 0.348. The Hall–Kier alpha value is -2.60. The van der Waals surface area contributed by atoms with Gasteiger partial charge in [-0.2, -0.15) is 0 Å². The van der Waals surface area contributed by atoms with Crippen LogP contribution in [0.15, 0.2) is 30.3 Å². The van der Waals surface area contributed by atoms with Crippen LogP contribution in [0.4, 0.5) is 0 Å². The maximum absolute atomic E-state index is 12.4. The van der Waals surface area contributed by atoms with Crippen molar-refractivity contribution in [3.63, 3.8) is 0 Å². The zero-order valence-electron chi connectivity index (χ0n) is 17.5. The number of Topliss-reactive ketones (excluding diaryl/α,β-unsaturated/α-hetero) is 2. The van der Waals surface area contributed by atoms with E-state index in [2.05, 4.69) is 0 Å². The molecule has 0 N–H and O–H groups in total. The molecule has 0 atom stereocenters. The lowest BCUT2D eigenvalue weighted by atomic mass is 9.98. The van der Waals surface area contributed by atoms with Crippen LogP contribution in [0.3, 0.4) is 0 Å². The van der Waals surface area contributed by atoms with Gasteiger partial charge in [-0.05, 0) is 68.7 Å². The average molecular weight is 415 g/mol. The predicted octanol–water partition coefficient (Wildman–Crippen LogP) is 4.48. The van der Waals surface area contributed by atoms with E-state index in [0.717, 1.165) is 22.3 Å². The molecule has 0 aliphatic heterocycles. The van der Waals surface area contributed by atoms with Crippen LogP contribution < -0.4 is 4.74 Å². The maximum atomic E-state index is 12.4. The third-order valence-electron chi connectivity index (χ3n) is 4.67. The van der Waals surface area contributed by atoms with Gasteiger partial charge in [-0.15, -0.1) is 11.8 Å². The molecule has 0 unspecified atom stereocenters. The summed E-state index contributed by atoms with van der Waals surface area (Å²) in [6, 6.07) is 9.03. The number of ether oxygens (including phenoxy) is 2. The Morgan fingerprint density at radius 3 is 2.31 bits per heavy atom. The van der Waals surface area contributed by atoms with Crippen molar-refractivity contribution < 1.29 is 23.9 Å². The summed E-state index contributed by atoms with van der Waals surface area (Å²) >= 11 is 1.34. The van der Waals surface area contributed by atoms with Gasteiger partial charge in [-0.3, -0.25) is 14.4 Å². The molecule has 0 heterocycles. The van der Waals surface area contributed by atoms with Crippen molar-refractivity contribution in [1.82, 2.24) is 0 Å². The van der Waals surface area contributed by atoms with E-state index in [1.54, 1.807) is 25.3 Å². The molecule has 0 radical (unpaired) electrons. The van der Waals surface area contributed by atoms with E-state index in [-0.39, 0.29) is 23.9 Å². The number of thioether (sulfide) groups is 1. The van der Waals surface area contributed by atoms with Crippen molar-refractivity contribution in [3.8, 4) is 5.75 Å². The lowest BCUT2D eigenvalue weighted by Gasteiger charge is -2.11. The van der Waals surface area contributed by atoms with Crippen LogP contribution in [-0.2, 0) is 15.3 Å². The molecule has 0 saturated carbocycles. The summed E-state index contributed by atoms with van der Waals surface area (Å²) in [5, 5.41) is 0. The molecule has 2 rings (SSSR count). The lowest BCUT2D eigenvalue weighted by Crippen LogP contribution is -2.16. The first-order chi connectivity index (χ1) is 13.7. The predicted molar refractivity (Wildman–Crippen MR) is 115 cm³/mol. The highest BCUT2D eigenvalue weighted by atomic mass is 32.2. The summed E-state index contributed by atoms with van der Waals surface area (Å²) in [5.74, 6) is 0.567. The van der Waals surface area contributed by atoms with Gasteiger partial charge in [0, 0.05) is 22.4 Å². The molecular weight excluding hydrogens is 388 g/mol. The minimum Gasteiger partial charge on any atom is -0.496 e. The number of ketones is 2. The van der Waals surface area contributed by atoms with Crippen molar-refractivity contribution in [2.75, 3.05) is 19.5 Å². The van der Waals surface area contributed by atoms with E-state index in [9.17, 15) is 14.4 Å². The normalized spacial score (nSPS) is 10.5. The summed E-state index contributed by atoms with van der Waals surface area (Å²) < 4.78 is 10.5. The van der Waals surface area contributed by atoms with Gasteiger partial charge in [0.2, 0.25) is 5.78 Å². The minimum atomic E-state index is -0.452. The van der Waals surface area contributed by atoms with Gasteiger partial charge in [-0.25, -0.2) is 0 Å². The van der Waals surface area contributed by atoms with Crippen molar-refractivity contribution in [3.05, 3.63) is 63.7 Å². The summed E-state index contributed by atoms with van der Waals surface area (Å²) in [6.45, 7) is 7.05. The first kappa shape index (κ1) is 22.7. The molecule has 0 aliphatic carbocycles. The highest BCUT2D eigenvalue weighted by Gasteiger charge is 2.14. The van der Waals surface area contributed by atoms with Gasteiger partial charge in [0.25, 0.3) is 0 Å². The fourth-order valence-corrected chi connectivity index (χ4v) is 3.68. The quantitative estimate of drug-likeness (QED) is 0.445. The molecule has 0 fully saturated rings. The number of rotatable bonds is 9. The Bertz CT molecular complexity index is 933. The van der Waals surface area contributed by atoms with E-state index in [4.69, 9.17) is 9.47 Å². The van der Waals surface area contributed by atoms with Crippen LogP contribution in [0.1, 0.15) is 49.9 Å². The molecule has 0 bridgehead atoms. The molecule has 6 heteroatoms. The van der Waals surface area contributed by atoms with E-state index in [1.807, 2.05) is 32.9 Å². The van der Waals surface area contributed by atoms with Gasteiger partial charge in [0.05, 0.1) is 12.9 Å².